The number of carbonyl (C=O) groups excluding carboxylic acids is 2. The molecule has 0 radical (unpaired) electrons. The lowest BCUT2D eigenvalue weighted by Crippen LogP contribution is -2.41. The van der Waals surface area contributed by atoms with Crippen LogP contribution in [0.15, 0.2) is 28.9 Å². The first-order chi connectivity index (χ1) is 9.50. The Morgan fingerprint density at radius 2 is 1.90 bits per heavy atom. The fourth-order valence-electron chi connectivity index (χ4n) is 2.72. The minimum absolute atomic E-state index is 0. The molecule has 1 aliphatic carbocycles. The Bertz CT molecular complexity index is 679. The van der Waals surface area contributed by atoms with Crippen LogP contribution in [0.25, 0.3) is 0 Å². The molecule has 0 N–H and O–H groups in total. The van der Waals surface area contributed by atoms with Crippen molar-refractivity contribution in [3.05, 3.63) is 35.2 Å². The molecule has 0 amide bonds. The van der Waals surface area contributed by atoms with Crippen molar-refractivity contribution in [3.63, 3.8) is 0 Å². The monoisotopic (exact) mass is 305 g/mol. The topological polar surface area (TPSA) is 62.6 Å². The minimum atomic E-state index is -0.637. The van der Waals surface area contributed by atoms with Crippen molar-refractivity contribution in [2.45, 2.75) is 13.0 Å². The first-order valence-corrected chi connectivity index (χ1v) is 6.47. The molecule has 3 rings (SSSR count). The Labute approximate surface area is 129 Å². The van der Waals surface area contributed by atoms with E-state index in [1.54, 1.807) is 18.5 Å². The van der Waals surface area contributed by atoms with Crippen LogP contribution in [-0.2, 0) is 0 Å². The molecule has 2 atom stereocenters. The fourth-order valence-corrected chi connectivity index (χ4v) is 2.72. The number of hydrogen-bond acceptors (Lipinski definition) is 5. The van der Waals surface area contributed by atoms with Crippen molar-refractivity contribution < 1.29 is 9.59 Å². The number of rotatable bonds is 1. The van der Waals surface area contributed by atoms with E-state index < -0.39 is 12.0 Å². The molecule has 6 heteroatoms. The predicted molar refractivity (Wildman–Crippen MR) is 84.0 cm³/mol. The highest BCUT2D eigenvalue weighted by molar-refractivity contribution is 6.20. The van der Waals surface area contributed by atoms with Gasteiger partial charge in [-0.15, -0.1) is 12.4 Å². The van der Waals surface area contributed by atoms with Crippen molar-refractivity contribution in [2.75, 3.05) is 19.0 Å². The van der Waals surface area contributed by atoms with Crippen molar-refractivity contribution in [1.82, 2.24) is 4.98 Å². The van der Waals surface area contributed by atoms with Gasteiger partial charge in [-0.2, -0.15) is 0 Å². The van der Waals surface area contributed by atoms with E-state index in [1.165, 1.54) is 0 Å². The third kappa shape index (κ3) is 2.27. The lowest BCUT2D eigenvalue weighted by molar-refractivity contribution is 0.0820. The first kappa shape index (κ1) is 15.4. The lowest BCUT2D eigenvalue weighted by atomic mass is 9.78. The number of aliphatic imine (C=N–C) groups is 1. The number of hydrogen-bond donors (Lipinski definition) is 0. The van der Waals surface area contributed by atoms with Crippen LogP contribution < -0.4 is 4.90 Å². The first-order valence-electron chi connectivity index (χ1n) is 6.47. The molecule has 0 aromatic carbocycles. The SMILES string of the molecule is CC1=CC2C(=O)c3nccc(N(C)C)c3C(=O)C2N=C1.Cl. The predicted octanol–water partition coefficient (Wildman–Crippen LogP) is 1.96. The van der Waals surface area contributed by atoms with E-state index >= 15 is 0 Å². The van der Waals surface area contributed by atoms with E-state index in [9.17, 15) is 9.59 Å². The van der Waals surface area contributed by atoms with Gasteiger partial charge in [0.25, 0.3) is 0 Å². The van der Waals surface area contributed by atoms with Gasteiger partial charge in [-0.05, 0) is 18.6 Å². The van der Waals surface area contributed by atoms with E-state index in [1.807, 2.05) is 32.0 Å². The van der Waals surface area contributed by atoms with Crippen LogP contribution in [0.5, 0.6) is 0 Å². The largest absolute Gasteiger partial charge is 0.377 e. The molecular weight excluding hydrogens is 290 g/mol. The maximum atomic E-state index is 12.7. The summed E-state index contributed by atoms with van der Waals surface area (Å²) in [7, 11) is 3.68. The third-order valence-corrected chi connectivity index (χ3v) is 3.68. The molecule has 1 aliphatic heterocycles. The van der Waals surface area contributed by atoms with Gasteiger partial charge in [0.1, 0.15) is 11.7 Å². The van der Waals surface area contributed by atoms with E-state index in [0.29, 0.717) is 11.3 Å². The van der Waals surface area contributed by atoms with Gasteiger partial charge in [0, 0.05) is 26.5 Å². The maximum Gasteiger partial charge on any atom is 0.192 e. The number of aromatic nitrogens is 1. The van der Waals surface area contributed by atoms with E-state index in [2.05, 4.69) is 9.98 Å². The highest BCUT2D eigenvalue weighted by atomic mass is 35.5. The summed E-state index contributed by atoms with van der Waals surface area (Å²) in [6, 6.07) is 1.11. The molecule has 0 saturated heterocycles. The summed E-state index contributed by atoms with van der Waals surface area (Å²) < 4.78 is 0. The number of anilines is 1. The van der Waals surface area contributed by atoms with Crippen LogP contribution >= 0.6 is 12.4 Å². The summed E-state index contributed by atoms with van der Waals surface area (Å²) in [6.07, 6.45) is 5.04. The molecule has 0 fully saturated rings. The molecule has 2 heterocycles. The van der Waals surface area contributed by atoms with Crippen LogP contribution in [0, 0.1) is 5.92 Å². The van der Waals surface area contributed by atoms with Crippen LogP contribution in [0.3, 0.4) is 0 Å². The summed E-state index contributed by atoms with van der Waals surface area (Å²) >= 11 is 0. The molecule has 0 saturated carbocycles. The summed E-state index contributed by atoms with van der Waals surface area (Å²) in [5, 5.41) is 0. The highest BCUT2D eigenvalue weighted by Gasteiger charge is 2.43. The average molecular weight is 306 g/mol. The van der Waals surface area contributed by atoms with Gasteiger partial charge < -0.3 is 4.90 Å². The zero-order valence-corrected chi connectivity index (χ0v) is 12.8. The normalized spacial score (nSPS) is 22.9. The average Bonchev–Trinajstić information content (AvgIpc) is 2.43. The molecule has 5 nitrogen and oxygen atoms in total. The van der Waals surface area contributed by atoms with Gasteiger partial charge >= 0.3 is 0 Å². The fraction of sp³-hybridized carbons (Fsp3) is 0.333. The number of Topliss-reactive ketones (excluding diaryl/α,β-unsaturated/α-hetero) is 2. The van der Waals surface area contributed by atoms with Gasteiger partial charge in [0.15, 0.2) is 11.6 Å². The van der Waals surface area contributed by atoms with Crippen molar-refractivity contribution in [3.8, 4) is 0 Å². The molecular formula is C15H16ClN3O2. The zero-order chi connectivity index (χ0) is 14.4. The maximum absolute atomic E-state index is 12.7. The number of pyridine rings is 1. The van der Waals surface area contributed by atoms with Gasteiger partial charge in [-0.1, -0.05) is 6.08 Å². The molecule has 110 valence electrons. The molecule has 21 heavy (non-hydrogen) atoms. The summed E-state index contributed by atoms with van der Waals surface area (Å²) in [6.45, 7) is 1.87. The number of allylic oxidation sites excluding steroid dienone is 1. The second-order valence-corrected chi connectivity index (χ2v) is 5.34. The number of fused-ring (bicyclic) bond motifs is 2. The molecule has 2 aliphatic rings. The number of carbonyl (C=O) groups is 2. The number of ketones is 2. The molecule has 1 aromatic heterocycles. The second-order valence-electron chi connectivity index (χ2n) is 5.34. The van der Waals surface area contributed by atoms with Crippen LogP contribution in [0.2, 0.25) is 0 Å². The Kier molecular flexibility index (Phi) is 3.96. The Hall–Kier alpha value is -2.01. The van der Waals surface area contributed by atoms with Gasteiger partial charge in [-0.25, -0.2) is 0 Å². The van der Waals surface area contributed by atoms with Gasteiger partial charge in [0.2, 0.25) is 0 Å². The molecule has 1 aromatic rings. The van der Waals surface area contributed by atoms with E-state index in [4.69, 9.17) is 0 Å². The van der Waals surface area contributed by atoms with Crippen molar-refractivity contribution in [2.24, 2.45) is 10.9 Å². The minimum Gasteiger partial charge on any atom is -0.377 e. The second kappa shape index (κ2) is 5.41. The third-order valence-electron chi connectivity index (χ3n) is 3.68. The smallest absolute Gasteiger partial charge is 0.192 e. The quantitative estimate of drug-likeness (QED) is 0.796. The van der Waals surface area contributed by atoms with Crippen molar-refractivity contribution >= 4 is 35.9 Å². The Morgan fingerprint density at radius 3 is 2.57 bits per heavy atom. The number of nitrogens with zero attached hydrogens (tertiary/aromatic N) is 3. The molecule has 2 unspecified atom stereocenters. The Morgan fingerprint density at radius 1 is 1.19 bits per heavy atom. The highest BCUT2D eigenvalue weighted by Crippen LogP contribution is 2.34. The van der Waals surface area contributed by atoms with E-state index in [-0.39, 0.29) is 29.7 Å². The number of dihydropyridines is 1. The molecule has 0 spiro atoms. The number of halogens is 1. The van der Waals surface area contributed by atoms with Crippen LogP contribution in [0.1, 0.15) is 27.8 Å². The molecule has 0 bridgehead atoms. The summed E-state index contributed by atoms with van der Waals surface area (Å²) in [5.41, 5.74) is 2.28. The van der Waals surface area contributed by atoms with Crippen LogP contribution in [-0.4, -0.2) is 42.9 Å². The zero-order valence-electron chi connectivity index (χ0n) is 12.0. The van der Waals surface area contributed by atoms with E-state index in [0.717, 1.165) is 5.57 Å². The summed E-state index contributed by atoms with van der Waals surface area (Å²) in [4.78, 5) is 35.4. The van der Waals surface area contributed by atoms with Crippen molar-refractivity contribution in [1.29, 1.82) is 0 Å². The van der Waals surface area contributed by atoms with Crippen LogP contribution in [0.4, 0.5) is 5.69 Å². The standard InChI is InChI=1S/C15H15N3O2.ClH/c1-8-6-9-12(17-7-8)15(20)11-10(18(2)3)4-5-16-13(11)14(9)19;/h4-7,9,12H,1-3H3;1H. The van der Waals surface area contributed by atoms with Gasteiger partial charge in [0.05, 0.1) is 17.2 Å². The lowest BCUT2D eigenvalue weighted by Gasteiger charge is -2.30. The Balaban J connectivity index is 0.00000161. The van der Waals surface area contributed by atoms with Gasteiger partial charge in [-0.3, -0.25) is 19.6 Å². The summed E-state index contributed by atoms with van der Waals surface area (Å²) in [5.74, 6) is -0.754.